The predicted octanol–water partition coefficient (Wildman–Crippen LogP) is 3.61. The van der Waals surface area contributed by atoms with Crippen LogP contribution < -0.4 is 5.32 Å². The predicted molar refractivity (Wildman–Crippen MR) is 103 cm³/mol. The third-order valence-electron chi connectivity index (χ3n) is 4.41. The molecular formula is C22H16N2O4. The van der Waals surface area contributed by atoms with Gasteiger partial charge >= 0.3 is 6.03 Å². The van der Waals surface area contributed by atoms with E-state index in [9.17, 15) is 14.4 Å². The zero-order chi connectivity index (χ0) is 19.5. The molecule has 0 bridgehead atoms. The Morgan fingerprint density at radius 1 is 0.857 bits per heavy atom. The van der Waals surface area contributed by atoms with Crippen LogP contribution in [-0.2, 0) is 16.1 Å². The fraction of sp³-hybridized carbons (Fsp3) is 0.0455. The zero-order valence-corrected chi connectivity index (χ0v) is 14.8. The highest BCUT2D eigenvalue weighted by atomic mass is 16.3. The number of nitrogens with one attached hydrogen (secondary N) is 1. The Morgan fingerprint density at radius 3 is 2.25 bits per heavy atom. The van der Waals surface area contributed by atoms with Crippen molar-refractivity contribution in [1.82, 2.24) is 10.2 Å². The minimum Gasteiger partial charge on any atom is -0.467 e. The fourth-order valence-electron chi connectivity index (χ4n) is 2.97. The Kier molecular flexibility index (Phi) is 4.60. The quantitative estimate of drug-likeness (QED) is 0.560. The molecule has 0 saturated carbocycles. The maximum Gasteiger partial charge on any atom is 0.331 e. The molecule has 4 amide bonds. The second-order valence-corrected chi connectivity index (χ2v) is 6.28. The molecule has 1 saturated heterocycles. The van der Waals surface area contributed by atoms with E-state index in [1.54, 1.807) is 12.1 Å². The molecule has 1 fully saturated rings. The summed E-state index contributed by atoms with van der Waals surface area (Å²) in [7, 11) is 0. The lowest BCUT2D eigenvalue weighted by Gasteiger charge is -2.25. The Bertz CT molecular complexity index is 1050. The van der Waals surface area contributed by atoms with Crippen LogP contribution in [0.25, 0.3) is 17.2 Å². The first kappa shape index (κ1) is 17.5. The highest BCUT2D eigenvalue weighted by molar-refractivity contribution is 6.30. The molecule has 6 heteroatoms. The number of urea groups is 1. The van der Waals surface area contributed by atoms with E-state index in [0.717, 1.165) is 16.0 Å². The number of hydrogen-bond donors (Lipinski definition) is 1. The molecule has 2 heterocycles. The van der Waals surface area contributed by atoms with Crippen molar-refractivity contribution in [2.75, 3.05) is 0 Å². The third-order valence-corrected chi connectivity index (χ3v) is 4.41. The van der Waals surface area contributed by atoms with Gasteiger partial charge in [-0.05, 0) is 34.9 Å². The van der Waals surface area contributed by atoms with Crippen LogP contribution in [0.2, 0.25) is 0 Å². The third kappa shape index (κ3) is 3.48. The average Bonchev–Trinajstić information content (AvgIpc) is 3.23. The van der Waals surface area contributed by atoms with Crippen molar-refractivity contribution >= 4 is 23.9 Å². The van der Waals surface area contributed by atoms with E-state index in [-0.39, 0.29) is 12.1 Å². The van der Waals surface area contributed by atoms with Crippen LogP contribution in [0, 0.1) is 0 Å². The Hall–Kier alpha value is -3.93. The van der Waals surface area contributed by atoms with E-state index in [2.05, 4.69) is 5.32 Å². The van der Waals surface area contributed by atoms with Crippen LogP contribution in [0.5, 0.6) is 0 Å². The number of carbonyl (C=O) groups is 3. The molecule has 4 rings (SSSR count). The van der Waals surface area contributed by atoms with Gasteiger partial charge in [-0.1, -0.05) is 54.6 Å². The first-order chi connectivity index (χ1) is 13.6. The normalized spacial score (nSPS) is 15.8. The maximum absolute atomic E-state index is 12.7. The summed E-state index contributed by atoms with van der Waals surface area (Å²) in [5.41, 5.74) is 2.68. The van der Waals surface area contributed by atoms with Gasteiger partial charge in [0.25, 0.3) is 11.8 Å². The second-order valence-electron chi connectivity index (χ2n) is 6.28. The van der Waals surface area contributed by atoms with Gasteiger partial charge in [-0.3, -0.25) is 19.8 Å². The summed E-state index contributed by atoms with van der Waals surface area (Å²) in [6.45, 7) is -0.0464. The Morgan fingerprint density at radius 2 is 1.57 bits per heavy atom. The van der Waals surface area contributed by atoms with Gasteiger partial charge in [0.2, 0.25) is 0 Å². The van der Waals surface area contributed by atoms with Crippen LogP contribution in [0.4, 0.5) is 4.79 Å². The highest BCUT2D eigenvalue weighted by Gasteiger charge is 2.36. The van der Waals surface area contributed by atoms with Crippen LogP contribution in [0.3, 0.4) is 0 Å². The smallest absolute Gasteiger partial charge is 0.331 e. The topological polar surface area (TPSA) is 79.6 Å². The summed E-state index contributed by atoms with van der Waals surface area (Å²) in [6, 6.07) is 19.9. The van der Waals surface area contributed by atoms with Gasteiger partial charge in [0, 0.05) is 0 Å². The molecule has 0 radical (unpaired) electrons. The number of barbiturate groups is 1. The molecular weight excluding hydrogens is 356 g/mol. The summed E-state index contributed by atoms with van der Waals surface area (Å²) in [6.07, 6.45) is 2.94. The summed E-state index contributed by atoms with van der Waals surface area (Å²) in [5.74, 6) is -0.917. The van der Waals surface area contributed by atoms with Crippen molar-refractivity contribution in [1.29, 1.82) is 0 Å². The molecule has 0 aliphatic carbocycles. The van der Waals surface area contributed by atoms with Gasteiger partial charge in [-0.2, -0.15) is 0 Å². The minimum atomic E-state index is -0.761. The van der Waals surface area contributed by atoms with E-state index >= 15 is 0 Å². The van der Waals surface area contributed by atoms with Gasteiger partial charge in [0.15, 0.2) is 0 Å². The molecule has 1 aliphatic rings. The SMILES string of the molecule is O=C1NC(=O)N(Cc2ccco2)C(=O)/C1=C/c1ccc(-c2ccccc2)cc1. The van der Waals surface area contributed by atoms with E-state index in [1.807, 2.05) is 54.6 Å². The minimum absolute atomic E-state index is 0.0464. The number of benzene rings is 2. The standard InChI is InChI=1S/C22H16N2O4/c25-20-19(21(26)24(22(27)23-20)14-18-7-4-12-28-18)13-15-8-10-17(11-9-15)16-5-2-1-3-6-16/h1-13H,14H2,(H,23,25,27)/b19-13+. The number of nitrogens with zero attached hydrogens (tertiary/aromatic N) is 1. The van der Waals surface area contributed by atoms with E-state index in [4.69, 9.17) is 4.42 Å². The molecule has 6 nitrogen and oxygen atoms in total. The molecule has 1 aromatic heterocycles. The lowest BCUT2D eigenvalue weighted by Crippen LogP contribution is -2.53. The number of imide groups is 2. The summed E-state index contributed by atoms with van der Waals surface area (Å²) < 4.78 is 5.19. The first-order valence-corrected chi connectivity index (χ1v) is 8.68. The molecule has 138 valence electrons. The molecule has 3 aromatic rings. The lowest BCUT2D eigenvalue weighted by atomic mass is 10.0. The fourth-order valence-corrected chi connectivity index (χ4v) is 2.97. The molecule has 0 spiro atoms. The van der Waals surface area contributed by atoms with Crippen LogP contribution in [0.15, 0.2) is 83.0 Å². The van der Waals surface area contributed by atoms with E-state index in [1.165, 1.54) is 12.3 Å². The van der Waals surface area contributed by atoms with Gasteiger partial charge in [-0.15, -0.1) is 0 Å². The van der Waals surface area contributed by atoms with Crippen LogP contribution >= 0.6 is 0 Å². The highest BCUT2D eigenvalue weighted by Crippen LogP contribution is 2.21. The largest absolute Gasteiger partial charge is 0.467 e. The van der Waals surface area contributed by atoms with Gasteiger partial charge < -0.3 is 4.42 Å². The number of hydrogen-bond acceptors (Lipinski definition) is 4. The number of furan rings is 1. The van der Waals surface area contributed by atoms with Crippen molar-refractivity contribution in [3.8, 4) is 11.1 Å². The second kappa shape index (κ2) is 7.36. The molecule has 1 aliphatic heterocycles. The lowest BCUT2D eigenvalue weighted by molar-refractivity contribution is -0.130. The van der Waals surface area contributed by atoms with Crippen molar-refractivity contribution in [2.24, 2.45) is 0 Å². The molecule has 0 unspecified atom stereocenters. The van der Waals surface area contributed by atoms with Crippen molar-refractivity contribution in [3.05, 3.63) is 89.9 Å². The number of amides is 4. The summed E-state index contributed by atoms with van der Waals surface area (Å²) in [5, 5.41) is 2.20. The zero-order valence-electron chi connectivity index (χ0n) is 14.8. The van der Waals surface area contributed by atoms with Gasteiger partial charge in [-0.25, -0.2) is 4.79 Å². The summed E-state index contributed by atoms with van der Waals surface area (Å²) >= 11 is 0. The summed E-state index contributed by atoms with van der Waals surface area (Å²) in [4.78, 5) is 37.9. The Labute approximate surface area is 161 Å². The maximum atomic E-state index is 12.7. The van der Waals surface area contributed by atoms with Gasteiger partial charge in [0.1, 0.15) is 11.3 Å². The van der Waals surface area contributed by atoms with E-state index < -0.39 is 17.8 Å². The van der Waals surface area contributed by atoms with Crippen molar-refractivity contribution < 1.29 is 18.8 Å². The monoisotopic (exact) mass is 372 g/mol. The van der Waals surface area contributed by atoms with Crippen LogP contribution in [-0.4, -0.2) is 22.7 Å². The first-order valence-electron chi connectivity index (χ1n) is 8.68. The molecule has 0 atom stereocenters. The molecule has 2 aromatic carbocycles. The van der Waals surface area contributed by atoms with Gasteiger partial charge in [0.05, 0.1) is 12.8 Å². The number of rotatable bonds is 4. The van der Waals surface area contributed by atoms with E-state index in [0.29, 0.717) is 11.3 Å². The Balaban J connectivity index is 1.59. The number of carbonyl (C=O) groups excluding carboxylic acids is 3. The van der Waals surface area contributed by atoms with Crippen molar-refractivity contribution in [3.63, 3.8) is 0 Å². The van der Waals surface area contributed by atoms with Crippen molar-refractivity contribution in [2.45, 2.75) is 6.54 Å². The molecule has 1 N–H and O–H groups in total. The molecule has 28 heavy (non-hydrogen) atoms. The average molecular weight is 372 g/mol. The van der Waals surface area contributed by atoms with Crippen LogP contribution in [0.1, 0.15) is 11.3 Å².